The summed E-state index contributed by atoms with van der Waals surface area (Å²) in [6, 6.07) is 9.68. The van der Waals surface area contributed by atoms with Crippen molar-refractivity contribution in [1.82, 2.24) is 19.7 Å². The first-order valence-corrected chi connectivity index (χ1v) is 13.6. The first-order chi connectivity index (χ1) is 16.6. The molecule has 0 spiro atoms. The molecule has 184 valence electrons. The van der Waals surface area contributed by atoms with Crippen LogP contribution in [-0.2, 0) is 6.54 Å². The smallest absolute Gasteiger partial charge is 0.128 e. The third-order valence-electron chi connectivity index (χ3n) is 6.93. The van der Waals surface area contributed by atoms with Crippen LogP contribution in [0.2, 0.25) is 0 Å². The Morgan fingerprint density at radius 3 is 2.50 bits per heavy atom. The zero-order valence-electron chi connectivity index (χ0n) is 20.8. The van der Waals surface area contributed by atoms with Gasteiger partial charge in [0.15, 0.2) is 0 Å². The summed E-state index contributed by atoms with van der Waals surface area (Å²) >= 11 is 1.70. The van der Waals surface area contributed by atoms with E-state index in [1.165, 1.54) is 17.8 Å². The molecule has 2 aromatic heterocycles. The standard InChI is InChI=1S/C27H38FN5S/c1-4-31(5-2)20-22-9-8-21(18-23(22)28)25-19-26(27-24(30-25)10-17-34-27)29-11-7-12-33-15-13-32(6-3)14-16-33/h8-10,17-19H,4-7,11-16,20H2,1-3H3,(H,29,30). The topological polar surface area (TPSA) is 34.6 Å². The summed E-state index contributed by atoms with van der Waals surface area (Å²) in [5, 5.41) is 5.72. The number of fused-ring (bicyclic) bond motifs is 1. The lowest BCUT2D eigenvalue weighted by Crippen LogP contribution is -2.46. The molecule has 4 rings (SSSR count). The summed E-state index contributed by atoms with van der Waals surface area (Å²) < 4.78 is 16.1. The minimum absolute atomic E-state index is 0.158. The van der Waals surface area contributed by atoms with Crippen LogP contribution in [0.25, 0.3) is 21.5 Å². The number of benzene rings is 1. The van der Waals surface area contributed by atoms with E-state index >= 15 is 0 Å². The number of nitrogens with one attached hydrogen (secondary N) is 1. The van der Waals surface area contributed by atoms with Crippen molar-refractivity contribution in [2.24, 2.45) is 0 Å². The van der Waals surface area contributed by atoms with Gasteiger partial charge in [0.25, 0.3) is 0 Å². The number of hydrogen-bond donors (Lipinski definition) is 1. The summed E-state index contributed by atoms with van der Waals surface area (Å²) in [5.74, 6) is -0.158. The molecule has 3 aromatic rings. The third-order valence-corrected chi connectivity index (χ3v) is 7.86. The van der Waals surface area contributed by atoms with Gasteiger partial charge < -0.3 is 15.1 Å². The van der Waals surface area contributed by atoms with Crippen molar-refractivity contribution in [2.75, 3.05) is 64.2 Å². The predicted octanol–water partition coefficient (Wildman–Crippen LogP) is 5.38. The van der Waals surface area contributed by atoms with Crippen molar-refractivity contribution in [1.29, 1.82) is 0 Å². The van der Waals surface area contributed by atoms with Crippen LogP contribution in [0.3, 0.4) is 0 Å². The highest BCUT2D eigenvalue weighted by atomic mass is 32.1. The molecule has 0 bridgehead atoms. The molecule has 3 heterocycles. The first kappa shape index (κ1) is 25.0. The van der Waals surface area contributed by atoms with E-state index in [0.29, 0.717) is 6.54 Å². The zero-order chi connectivity index (χ0) is 23.9. The fraction of sp³-hybridized carbons (Fsp3) is 0.519. The molecule has 0 atom stereocenters. The molecule has 0 aliphatic carbocycles. The summed E-state index contributed by atoms with van der Waals surface area (Å²) in [7, 11) is 0. The summed E-state index contributed by atoms with van der Waals surface area (Å²) in [6.45, 7) is 16.8. The Kier molecular flexibility index (Phi) is 8.89. The molecule has 1 aromatic carbocycles. The second-order valence-electron chi connectivity index (χ2n) is 9.01. The second-order valence-corrected chi connectivity index (χ2v) is 9.93. The minimum atomic E-state index is -0.158. The van der Waals surface area contributed by atoms with E-state index in [2.05, 4.69) is 52.2 Å². The van der Waals surface area contributed by atoms with Crippen molar-refractivity contribution in [3.05, 3.63) is 47.1 Å². The number of pyridine rings is 1. The van der Waals surface area contributed by atoms with Gasteiger partial charge in [-0.25, -0.2) is 9.37 Å². The van der Waals surface area contributed by atoms with Gasteiger partial charge in [0.1, 0.15) is 5.82 Å². The SMILES string of the molecule is CCN1CCN(CCCNc2cc(-c3ccc(CN(CC)CC)c(F)c3)nc3ccsc23)CC1. The van der Waals surface area contributed by atoms with Crippen LogP contribution in [0.5, 0.6) is 0 Å². The lowest BCUT2D eigenvalue weighted by molar-refractivity contribution is 0.137. The molecule has 1 aliphatic rings. The molecule has 0 amide bonds. The highest BCUT2D eigenvalue weighted by Crippen LogP contribution is 2.32. The van der Waals surface area contributed by atoms with E-state index in [-0.39, 0.29) is 5.82 Å². The van der Waals surface area contributed by atoms with E-state index in [4.69, 9.17) is 4.98 Å². The van der Waals surface area contributed by atoms with Gasteiger partial charge in [-0.3, -0.25) is 4.90 Å². The molecule has 1 fully saturated rings. The number of hydrogen-bond acceptors (Lipinski definition) is 6. The molecule has 1 aliphatic heterocycles. The van der Waals surface area contributed by atoms with Crippen molar-refractivity contribution >= 4 is 27.2 Å². The zero-order valence-corrected chi connectivity index (χ0v) is 21.6. The number of piperazine rings is 1. The van der Waals surface area contributed by atoms with Crippen molar-refractivity contribution in [3.8, 4) is 11.3 Å². The van der Waals surface area contributed by atoms with Crippen molar-refractivity contribution < 1.29 is 4.39 Å². The monoisotopic (exact) mass is 483 g/mol. The van der Waals surface area contributed by atoms with Gasteiger partial charge in [0.2, 0.25) is 0 Å². The van der Waals surface area contributed by atoms with Gasteiger partial charge in [-0.15, -0.1) is 11.3 Å². The number of nitrogens with zero attached hydrogens (tertiary/aromatic N) is 4. The number of anilines is 1. The maximum Gasteiger partial charge on any atom is 0.128 e. The summed E-state index contributed by atoms with van der Waals surface area (Å²) in [5.41, 5.74) is 4.44. The van der Waals surface area contributed by atoms with E-state index in [1.807, 2.05) is 18.2 Å². The fourth-order valence-electron chi connectivity index (χ4n) is 4.61. The maximum atomic E-state index is 14.9. The Bertz CT molecular complexity index is 1060. The molecular weight excluding hydrogens is 445 g/mol. The number of aromatic nitrogens is 1. The van der Waals surface area contributed by atoms with Crippen molar-refractivity contribution in [2.45, 2.75) is 33.7 Å². The number of rotatable bonds is 11. The molecule has 0 saturated carbocycles. The van der Waals surface area contributed by atoms with Gasteiger partial charge in [-0.1, -0.05) is 32.9 Å². The van der Waals surface area contributed by atoms with Crippen molar-refractivity contribution in [3.63, 3.8) is 0 Å². The summed E-state index contributed by atoms with van der Waals surface area (Å²) in [6.07, 6.45) is 1.10. The highest BCUT2D eigenvalue weighted by Gasteiger charge is 2.15. The normalized spacial score (nSPS) is 15.4. The molecule has 0 unspecified atom stereocenters. The van der Waals surface area contributed by atoms with Crippen LogP contribution in [0.1, 0.15) is 32.8 Å². The number of thiophene rings is 1. The fourth-order valence-corrected chi connectivity index (χ4v) is 5.44. The van der Waals surface area contributed by atoms with Crippen LogP contribution in [0, 0.1) is 5.82 Å². The Balaban J connectivity index is 1.42. The Morgan fingerprint density at radius 1 is 1.03 bits per heavy atom. The van der Waals surface area contributed by atoms with Crippen LogP contribution in [0.4, 0.5) is 10.1 Å². The Morgan fingerprint density at radius 2 is 1.79 bits per heavy atom. The molecule has 0 radical (unpaired) electrons. The molecule has 5 nitrogen and oxygen atoms in total. The number of likely N-dealkylation sites (N-methyl/N-ethyl adjacent to an activating group) is 1. The van der Waals surface area contributed by atoms with Crippen LogP contribution in [-0.4, -0.2) is 78.6 Å². The average Bonchev–Trinajstić information content (AvgIpc) is 3.35. The molecular formula is C27H38FN5S. The molecule has 7 heteroatoms. The second kappa shape index (κ2) is 12.1. The Hall–Kier alpha value is -2.06. The van der Waals surface area contributed by atoms with Gasteiger partial charge in [-0.2, -0.15) is 0 Å². The molecule has 1 N–H and O–H groups in total. The Labute approximate surface area is 207 Å². The first-order valence-electron chi connectivity index (χ1n) is 12.7. The number of halogens is 1. The quantitative estimate of drug-likeness (QED) is 0.370. The third kappa shape index (κ3) is 6.13. The van der Waals surface area contributed by atoms with Crippen LogP contribution >= 0.6 is 11.3 Å². The maximum absolute atomic E-state index is 14.9. The van der Waals surface area contributed by atoms with E-state index in [0.717, 1.165) is 80.3 Å². The van der Waals surface area contributed by atoms with E-state index in [9.17, 15) is 4.39 Å². The van der Waals surface area contributed by atoms with Crippen LogP contribution < -0.4 is 5.32 Å². The van der Waals surface area contributed by atoms with Gasteiger partial charge in [0.05, 0.1) is 21.6 Å². The van der Waals surface area contributed by atoms with Gasteiger partial charge >= 0.3 is 0 Å². The highest BCUT2D eigenvalue weighted by molar-refractivity contribution is 7.17. The lowest BCUT2D eigenvalue weighted by atomic mass is 10.1. The van der Waals surface area contributed by atoms with Crippen LogP contribution in [0.15, 0.2) is 35.7 Å². The predicted molar refractivity (Wildman–Crippen MR) is 143 cm³/mol. The lowest BCUT2D eigenvalue weighted by Gasteiger charge is -2.34. The van der Waals surface area contributed by atoms with Gasteiger partial charge in [-0.05, 0) is 56.2 Å². The average molecular weight is 484 g/mol. The molecule has 34 heavy (non-hydrogen) atoms. The van der Waals surface area contributed by atoms with E-state index in [1.54, 1.807) is 17.4 Å². The largest absolute Gasteiger partial charge is 0.384 e. The van der Waals surface area contributed by atoms with Gasteiger partial charge in [0, 0.05) is 50.4 Å². The minimum Gasteiger partial charge on any atom is -0.384 e. The molecule has 1 saturated heterocycles. The van der Waals surface area contributed by atoms with E-state index < -0.39 is 0 Å². The summed E-state index contributed by atoms with van der Waals surface area (Å²) in [4.78, 5) is 12.1.